The fourth-order valence-electron chi connectivity index (χ4n) is 3.90. The van der Waals surface area contributed by atoms with E-state index in [0.717, 1.165) is 10.6 Å². The van der Waals surface area contributed by atoms with Gasteiger partial charge in [-0.1, -0.05) is 0 Å². The standard InChI is InChI=1S/C22H25N3O5S/c1-13-14(2)31-21(23-13)24-20(28)12-29-16-4-5-17-18(27)11-22(30-19(17)10-16)6-8-25(9-7-22)15(3)26/h4-5,10H,6-9,11-12H2,1-3H3,(H,23,24,28). The van der Waals surface area contributed by atoms with E-state index in [0.29, 0.717) is 54.5 Å². The number of hydrogen-bond donors (Lipinski definition) is 1. The summed E-state index contributed by atoms with van der Waals surface area (Å²) in [6.07, 6.45) is 1.52. The van der Waals surface area contributed by atoms with E-state index in [2.05, 4.69) is 10.3 Å². The highest BCUT2D eigenvalue weighted by Crippen LogP contribution is 2.40. The fraction of sp³-hybridized carbons (Fsp3) is 0.455. The number of aromatic nitrogens is 1. The molecule has 0 aliphatic carbocycles. The van der Waals surface area contributed by atoms with E-state index in [1.165, 1.54) is 11.3 Å². The van der Waals surface area contributed by atoms with E-state index in [9.17, 15) is 14.4 Å². The van der Waals surface area contributed by atoms with E-state index in [-0.39, 0.29) is 24.2 Å². The van der Waals surface area contributed by atoms with Crippen LogP contribution in [0.3, 0.4) is 0 Å². The van der Waals surface area contributed by atoms with E-state index in [1.54, 1.807) is 30.0 Å². The molecule has 0 saturated carbocycles. The zero-order valence-electron chi connectivity index (χ0n) is 17.8. The van der Waals surface area contributed by atoms with Crippen LogP contribution in [0.15, 0.2) is 18.2 Å². The summed E-state index contributed by atoms with van der Waals surface area (Å²) in [6.45, 7) is 6.36. The van der Waals surface area contributed by atoms with Crippen molar-refractivity contribution in [1.29, 1.82) is 0 Å². The molecule has 1 saturated heterocycles. The number of nitrogens with one attached hydrogen (secondary N) is 1. The highest BCUT2D eigenvalue weighted by Gasteiger charge is 2.43. The van der Waals surface area contributed by atoms with Gasteiger partial charge in [0.2, 0.25) is 5.91 Å². The lowest BCUT2D eigenvalue weighted by molar-refractivity contribution is -0.132. The molecule has 1 fully saturated rings. The van der Waals surface area contributed by atoms with Gasteiger partial charge >= 0.3 is 0 Å². The maximum Gasteiger partial charge on any atom is 0.264 e. The number of Topliss-reactive ketones (excluding diaryl/α,β-unsaturated/α-hetero) is 1. The van der Waals surface area contributed by atoms with Crippen LogP contribution >= 0.6 is 11.3 Å². The minimum atomic E-state index is -0.591. The van der Waals surface area contributed by atoms with Crippen molar-refractivity contribution in [2.45, 2.75) is 45.6 Å². The first-order valence-corrected chi connectivity index (χ1v) is 11.0. The Morgan fingerprint density at radius 2 is 2.03 bits per heavy atom. The minimum absolute atomic E-state index is 0.0244. The first-order valence-electron chi connectivity index (χ1n) is 10.2. The number of nitrogens with zero attached hydrogens (tertiary/aromatic N) is 2. The average Bonchev–Trinajstić information content (AvgIpc) is 3.03. The second-order valence-electron chi connectivity index (χ2n) is 8.05. The number of piperidine rings is 1. The highest BCUT2D eigenvalue weighted by molar-refractivity contribution is 7.15. The summed E-state index contributed by atoms with van der Waals surface area (Å²) in [5.74, 6) is 0.672. The molecule has 4 rings (SSSR count). The number of fused-ring (bicyclic) bond motifs is 1. The number of rotatable bonds is 4. The second-order valence-corrected chi connectivity index (χ2v) is 9.25. The molecule has 9 heteroatoms. The topological polar surface area (TPSA) is 97.8 Å². The van der Waals surface area contributed by atoms with Gasteiger partial charge in [0.25, 0.3) is 5.91 Å². The number of anilines is 1. The summed E-state index contributed by atoms with van der Waals surface area (Å²) >= 11 is 1.42. The maximum absolute atomic E-state index is 12.7. The van der Waals surface area contributed by atoms with Gasteiger partial charge in [-0.2, -0.15) is 0 Å². The van der Waals surface area contributed by atoms with Gasteiger partial charge < -0.3 is 14.4 Å². The van der Waals surface area contributed by atoms with Crippen LogP contribution in [-0.2, 0) is 9.59 Å². The molecule has 0 bridgehead atoms. The molecule has 2 aliphatic rings. The first-order chi connectivity index (χ1) is 14.7. The molecule has 1 aromatic carbocycles. The minimum Gasteiger partial charge on any atom is -0.486 e. The molecule has 0 atom stereocenters. The molecule has 164 valence electrons. The van der Waals surface area contributed by atoms with Gasteiger partial charge in [-0.25, -0.2) is 4.98 Å². The number of likely N-dealkylation sites (tertiary alicyclic amines) is 1. The van der Waals surface area contributed by atoms with Crippen LogP contribution in [0.2, 0.25) is 0 Å². The number of carbonyl (C=O) groups excluding carboxylic acids is 3. The summed E-state index contributed by atoms with van der Waals surface area (Å²) in [4.78, 5) is 43.6. The lowest BCUT2D eigenvalue weighted by atomic mass is 9.82. The van der Waals surface area contributed by atoms with Crippen LogP contribution in [0, 0.1) is 13.8 Å². The van der Waals surface area contributed by atoms with Crippen molar-refractivity contribution in [3.8, 4) is 11.5 Å². The average molecular weight is 444 g/mol. The largest absolute Gasteiger partial charge is 0.486 e. The molecule has 31 heavy (non-hydrogen) atoms. The molecule has 2 aromatic rings. The fourth-order valence-corrected chi connectivity index (χ4v) is 4.73. The van der Waals surface area contributed by atoms with Gasteiger partial charge in [0, 0.05) is 43.8 Å². The Morgan fingerprint density at radius 1 is 1.29 bits per heavy atom. The summed E-state index contributed by atoms with van der Waals surface area (Å²) < 4.78 is 11.9. The number of ketones is 1. The van der Waals surface area contributed by atoms with Crippen molar-refractivity contribution >= 4 is 34.1 Å². The Hall–Kier alpha value is -2.94. The molecule has 8 nitrogen and oxygen atoms in total. The van der Waals surface area contributed by atoms with Gasteiger partial charge in [0.1, 0.15) is 17.1 Å². The first kappa shape index (κ1) is 21.3. The zero-order chi connectivity index (χ0) is 22.2. The van der Waals surface area contributed by atoms with Gasteiger partial charge in [-0.15, -0.1) is 11.3 Å². The predicted molar refractivity (Wildman–Crippen MR) is 116 cm³/mol. The molecule has 0 unspecified atom stereocenters. The quantitative estimate of drug-likeness (QED) is 0.780. The summed E-state index contributed by atoms with van der Waals surface area (Å²) in [6, 6.07) is 5.01. The Morgan fingerprint density at radius 3 is 2.68 bits per heavy atom. The van der Waals surface area contributed by atoms with Crippen LogP contribution < -0.4 is 14.8 Å². The lowest BCUT2D eigenvalue weighted by Gasteiger charge is -2.43. The number of ether oxygens (including phenoxy) is 2. The van der Waals surface area contributed by atoms with E-state index in [4.69, 9.17) is 9.47 Å². The zero-order valence-corrected chi connectivity index (χ0v) is 18.6. The number of hydrogen-bond acceptors (Lipinski definition) is 7. The molecule has 2 aliphatic heterocycles. The molecule has 3 heterocycles. The Bertz CT molecular complexity index is 1020. The number of thiazole rings is 1. The van der Waals surface area contributed by atoms with Crippen LogP contribution in [0.5, 0.6) is 11.5 Å². The van der Waals surface area contributed by atoms with Gasteiger partial charge in [-0.3, -0.25) is 19.7 Å². The Balaban J connectivity index is 1.40. The summed E-state index contributed by atoms with van der Waals surface area (Å²) in [5, 5.41) is 3.27. The molecule has 1 aromatic heterocycles. The third kappa shape index (κ3) is 4.56. The molecule has 1 spiro atoms. The lowest BCUT2D eigenvalue weighted by Crippen LogP contribution is -2.51. The maximum atomic E-state index is 12.7. The molecular formula is C22H25N3O5S. The van der Waals surface area contributed by atoms with Gasteiger partial charge in [0.05, 0.1) is 17.7 Å². The normalized spacial score (nSPS) is 17.1. The van der Waals surface area contributed by atoms with Crippen molar-refractivity contribution in [2.75, 3.05) is 25.0 Å². The predicted octanol–water partition coefficient (Wildman–Crippen LogP) is 3.12. The van der Waals surface area contributed by atoms with Gasteiger partial charge in [-0.05, 0) is 26.0 Å². The van der Waals surface area contributed by atoms with Crippen molar-refractivity contribution in [3.05, 3.63) is 34.3 Å². The summed E-state index contributed by atoms with van der Waals surface area (Å²) in [7, 11) is 0. The third-order valence-corrected chi connectivity index (χ3v) is 6.82. The third-order valence-electron chi connectivity index (χ3n) is 5.83. The highest BCUT2D eigenvalue weighted by atomic mass is 32.1. The smallest absolute Gasteiger partial charge is 0.264 e. The van der Waals surface area contributed by atoms with Crippen molar-refractivity contribution in [1.82, 2.24) is 9.88 Å². The van der Waals surface area contributed by atoms with E-state index in [1.807, 2.05) is 13.8 Å². The Kier molecular flexibility index (Phi) is 5.70. The van der Waals surface area contributed by atoms with Crippen LogP contribution in [-0.4, -0.2) is 52.8 Å². The summed E-state index contributed by atoms with van der Waals surface area (Å²) in [5.41, 5.74) is 0.818. The van der Waals surface area contributed by atoms with Crippen LogP contribution in [0.4, 0.5) is 5.13 Å². The van der Waals surface area contributed by atoms with Crippen LogP contribution in [0.1, 0.15) is 47.1 Å². The number of benzene rings is 1. The Labute approximate surface area is 184 Å². The number of carbonyl (C=O) groups is 3. The monoisotopic (exact) mass is 443 g/mol. The molecule has 1 N–H and O–H groups in total. The molecule has 0 radical (unpaired) electrons. The molecule has 2 amide bonds. The number of amides is 2. The van der Waals surface area contributed by atoms with Crippen molar-refractivity contribution in [3.63, 3.8) is 0 Å². The van der Waals surface area contributed by atoms with Gasteiger partial charge in [0.15, 0.2) is 17.5 Å². The molecular weight excluding hydrogens is 418 g/mol. The van der Waals surface area contributed by atoms with Crippen LogP contribution in [0.25, 0.3) is 0 Å². The van der Waals surface area contributed by atoms with E-state index < -0.39 is 5.60 Å². The SMILES string of the molecule is CC(=O)N1CCC2(CC1)CC(=O)c1ccc(OCC(=O)Nc3nc(C)c(C)s3)cc1O2. The van der Waals surface area contributed by atoms with Crippen molar-refractivity contribution < 1.29 is 23.9 Å². The van der Waals surface area contributed by atoms with E-state index >= 15 is 0 Å². The second kappa shape index (κ2) is 8.30. The van der Waals surface area contributed by atoms with Crippen molar-refractivity contribution in [2.24, 2.45) is 0 Å². The number of aryl methyl sites for hydroxylation is 2.